The number of amides is 3. The number of hydrogen-bond donors (Lipinski definition) is 3. The Bertz CT molecular complexity index is 1600. The molecule has 2 saturated carbocycles. The minimum absolute atomic E-state index is 0.0482. The maximum Gasteiger partial charge on any atom is 0.407 e. The zero-order chi connectivity index (χ0) is 39.8. The molecule has 1 atom stereocenters. The van der Waals surface area contributed by atoms with Gasteiger partial charge >= 0.3 is 12.1 Å². The topological polar surface area (TPSA) is 132 Å². The van der Waals surface area contributed by atoms with Crippen LogP contribution in [0.4, 0.5) is 4.79 Å². The number of methoxy groups -OCH3 is 1. The molecule has 2 aromatic rings. The molecule has 0 bridgehead atoms. The minimum atomic E-state index is -1.81. The van der Waals surface area contributed by atoms with Crippen molar-refractivity contribution in [3.05, 3.63) is 59.2 Å². The Kier molecular flexibility index (Phi) is 14.6. The minimum Gasteiger partial charge on any atom is -0.467 e. The third kappa shape index (κ3) is 12.4. The van der Waals surface area contributed by atoms with Crippen molar-refractivity contribution in [2.45, 2.75) is 148 Å². The number of alkyl carbamates (subject to hydrolysis) is 1. The lowest BCUT2D eigenvalue weighted by molar-refractivity contribution is -0.145. The number of carbonyl (C=O) groups excluding carboxylic acids is 4. The average Bonchev–Trinajstić information content (AvgIpc) is 3.10. The van der Waals surface area contributed by atoms with E-state index >= 15 is 0 Å². The Morgan fingerprint density at radius 1 is 0.852 bits per heavy atom. The summed E-state index contributed by atoms with van der Waals surface area (Å²) in [5, 5.41) is 9.23. The number of nitrogens with one attached hydrogen (secondary N) is 3. The molecule has 4 rings (SSSR count). The van der Waals surface area contributed by atoms with Crippen molar-refractivity contribution >= 4 is 32.2 Å². The SMILES string of the molecule is COC(=O)[C@H](Cc1ccc(-c2ccc(C(=O)NC3CCC(O[Si](C)(C)C(C)(C)C)CC3)cc2C)cc1)NC(=O)C1CCC(CNC(=O)OC(C)(C)C)CC1. The predicted molar refractivity (Wildman–Crippen MR) is 216 cm³/mol. The summed E-state index contributed by atoms with van der Waals surface area (Å²) in [7, 11) is -0.481. The average molecular weight is 764 g/mol. The number of esters is 1. The zero-order valence-corrected chi connectivity index (χ0v) is 35.4. The molecular weight excluding hydrogens is 699 g/mol. The normalized spacial score (nSPS) is 21.4. The van der Waals surface area contributed by atoms with Crippen LogP contribution in [-0.2, 0) is 29.9 Å². The highest BCUT2D eigenvalue weighted by Crippen LogP contribution is 2.39. The fraction of sp³-hybridized carbons (Fsp3) is 0.628. The van der Waals surface area contributed by atoms with Gasteiger partial charge in [0, 0.05) is 36.6 Å². The highest BCUT2D eigenvalue weighted by atomic mass is 28.4. The second kappa shape index (κ2) is 18.3. The van der Waals surface area contributed by atoms with Gasteiger partial charge in [0.2, 0.25) is 5.91 Å². The van der Waals surface area contributed by atoms with Crippen LogP contribution >= 0.6 is 0 Å². The molecule has 3 N–H and O–H groups in total. The van der Waals surface area contributed by atoms with Crippen LogP contribution < -0.4 is 16.0 Å². The van der Waals surface area contributed by atoms with Crippen LogP contribution in [0.15, 0.2) is 42.5 Å². The lowest BCUT2D eigenvalue weighted by Gasteiger charge is -2.41. The standard InChI is InChI=1S/C43H65N3O7Si/c1-28-25-33(39(48)45-34-20-22-35(23-21-34)53-54(9,10)43(5,6)7)19-24-36(28)31-15-11-29(12-16-31)26-37(40(49)51-8)46-38(47)32-17-13-30(14-18-32)27-44-41(50)52-42(2,3)4/h11-12,15-16,19,24-25,30,32,34-35,37H,13-14,17-18,20-23,26-27H2,1-10H3,(H,44,50)(H,45,48)(H,46,47)/t30?,32?,34?,35?,37-/m0/s1. The Hall–Kier alpha value is -3.70. The lowest BCUT2D eigenvalue weighted by Crippen LogP contribution is -2.46. The van der Waals surface area contributed by atoms with E-state index in [1.807, 2.05) is 70.2 Å². The van der Waals surface area contributed by atoms with Crippen LogP contribution in [0.1, 0.15) is 114 Å². The van der Waals surface area contributed by atoms with Gasteiger partial charge in [-0.25, -0.2) is 9.59 Å². The second-order valence-electron chi connectivity index (χ2n) is 17.9. The summed E-state index contributed by atoms with van der Waals surface area (Å²) < 4.78 is 17.0. The van der Waals surface area contributed by atoms with Crippen molar-refractivity contribution in [2.24, 2.45) is 11.8 Å². The molecule has 0 spiro atoms. The molecule has 2 aromatic carbocycles. The van der Waals surface area contributed by atoms with Crippen LogP contribution in [0.25, 0.3) is 11.1 Å². The molecule has 298 valence electrons. The van der Waals surface area contributed by atoms with Crippen LogP contribution in [0.5, 0.6) is 0 Å². The van der Waals surface area contributed by atoms with Gasteiger partial charge in [0.05, 0.1) is 7.11 Å². The summed E-state index contributed by atoms with van der Waals surface area (Å²) in [6, 6.07) is 13.1. The van der Waals surface area contributed by atoms with E-state index < -0.39 is 32.0 Å². The van der Waals surface area contributed by atoms with Crippen molar-refractivity contribution in [1.82, 2.24) is 16.0 Å². The molecule has 2 aliphatic rings. The number of rotatable bonds is 12. The molecule has 0 unspecified atom stereocenters. The van der Waals surface area contributed by atoms with Crippen LogP contribution in [0.3, 0.4) is 0 Å². The Labute approximate surface area is 324 Å². The molecule has 0 aromatic heterocycles. The predicted octanol–water partition coefficient (Wildman–Crippen LogP) is 8.26. The Morgan fingerprint density at radius 2 is 1.48 bits per heavy atom. The zero-order valence-electron chi connectivity index (χ0n) is 34.4. The number of benzene rings is 2. The number of aryl methyl sites for hydroxylation is 1. The van der Waals surface area contributed by atoms with Gasteiger partial charge in [0.15, 0.2) is 8.32 Å². The highest BCUT2D eigenvalue weighted by molar-refractivity contribution is 6.74. The van der Waals surface area contributed by atoms with Gasteiger partial charge in [-0.3, -0.25) is 9.59 Å². The van der Waals surface area contributed by atoms with E-state index in [1.165, 1.54) is 7.11 Å². The maximum atomic E-state index is 13.3. The van der Waals surface area contributed by atoms with E-state index in [2.05, 4.69) is 49.8 Å². The largest absolute Gasteiger partial charge is 0.467 e. The third-order valence-corrected chi connectivity index (χ3v) is 16.0. The second-order valence-corrected chi connectivity index (χ2v) is 22.7. The Morgan fingerprint density at radius 3 is 2.04 bits per heavy atom. The van der Waals surface area contributed by atoms with E-state index in [0.717, 1.165) is 60.8 Å². The molecule has 11 heteroatoms. The fourth-order valence-corrected chi connectivity index (χ4v) is 8.59. The van der Waals surface area contributed by atoms with Gasteiger partial charge < -0.3 is 29.9 Å². The monoisotopic (exact) mass is 763 g/mol. The summed E-state index contributed by atoms with van der Waals surface area (Å²) in [6.45, 7) is 19.4. The third-order valence-electron chi connectivity index (χ3n) is 11.4. The summed E-state index contributed by atoms with van der Waals surface area (Å²) in [5.41, 5.74) is 4.01. The first-order valence-electron chi connectivity index (χ1n) is 19.8. The lowest BCUT2D eigenvalue weighted by atomic mass is 9.81. The first kappa shape index (κ1) is 43.0. The van der Waals surface area contributed by atoms with Crippen LogP contribution in [0, 0.1) is 18.8 Å². The number of ether oxygens (including phenoxy) is 2. The molecular formula is C43H65N3O7Si. The smallest absolute Gasteiger partial charge is 0.407 e. The van der Waals surface area contributed by atoms with Crippen molar-refractivity contribution in [3.8, 4) is 11.1 Å². The van der Waals surface area contributed by atoms with E-state index in [4.69, 9.17) is 13.9 Å². The van der Waals surface area contributed by atoms with Gasteiger partial charge in [0.25, 0.3) is 5.91 Å². The molecule has 0 saturated heterocycles. The first-order valence-corrected chi connectivity index (χ1v) is 22.7. The van der Waals surface area contributed by atoms with Crippen molar-refractivity contribution in [3.63, 3.8) is 0 Å². The summed E-state index contributed by atoms with van der Waals surface area (Å²) in [5.74, 6) is -0.611. The van der Waals surface area contributed by atoms with Gasteiger partial charge in [-0.1, -0.05) is 51.1 Å². The van der Waals surface area contributed by atoms with Gasteiger partial charge in [-0.05, 0) is 137 Å². The summed E-state index contributed by atoms with van der Waals surface area (Å²) in [6.07, 6.45) is 6.90. The van der Waals surface area contributed by atoms with Crippen LogP contribution in [0.2, 0.25) is 18.1 Å². The molecule has 10 nitrogen and oxygen atoms in total. The Balaban J connectivity index is 1.27. The highest BCUT2D eigenvalue weighted by Gasteiger charge is 2.40. The summed E-state index contributed by atoms with van der Waals surface area (Å²) >= 11 is 0. The first-order chi connectivity index (χ1) is 25.2. The van der Waals surface area contributed by atoms with Crippen LogP contribution in [-0.4, -0.2) is 69.6 Å². The van der Waals surface area contributed by atoms with Gasteiger partial charge in [0.1, 0.15) is 11.6 Å². The van der Waals surface area contributed by atoms with E-state index in [1.54, 1.807) is 0 Å². The van der Waals surface area contributed by atoms with Crippen molar-refractivity contribution in [2.75, 3.05) is 13.7 Å². The van der Waals surface area contributed by atoms with E-state index in [-0.39, 0.29) is 40.8 Å². The number of carbonyl (C=O) groups is 4. The summed E-state index contributed by atoms with van der Waals surface area (Å²) in [4.78, 5) is 51.3. The molecule has 54 heavy (non-hydrogen) atoms. The molecule has 0 heterocycles. The molecule has 0 aliphatic heterocycles. The fourth-order valence-electron chi connectivity index (χ4n) is 7.17. The molecule has 2 fully saturated rings. The van der Waals surface area contributed by atoms with E-state index in [9.17, 15) is 19.2 Å². The van der Waals surface area contributed by atoms with Crippen molar-refractivity contribution in [1.29, 1.82) is 0 Å². The van der Waals surface area contributed by atoms with E-state index in [0.29, 0.717) is 31.4 Å². The molecule has 2 aliphatic carbocycles. The maximum absolute atomic E-state index is 13.3. The van der Waals surface area contributed by atoms with Gasteiger partial charge in [-0.15, -0.1) is 0 Å². The molecule has 3 amide bonds. The van der Waals surface area contributed by atoms with Gasteiger partial charge in [-0.2, -0.15) is 0 Å². The molecule has 0 radical (unpaired) electrons. The van der Waals surface area contributed by atoms with Crippen molar-refractivity contribution < 1.29 is 33.1 Å². The number of hydrogen-bond acceptors (Lipinski definition) is 7. The quantitative estimate of drug-likeness (QED) is 0.147.